The number of nitrogens with one attached hydrogen (secondary N) is 1. The molecule has 1 saturated heterocycles. The van der Waals surface area contributed by atoms with Gasteiger partial charge in [-0.05, 0) is 69.1 Å². The standard InChI is InChI=1S/C41H60NO12P/c1-21-17-29-40(20-49-29,52-25(5)44)33-23(3)41(48)19-28(22(2)30(38(41,9)10)32(50-24(4)43)34(45)39(21,33)11)51-35(46)31(54-55)27(18-26-15-13-12-14-16-26)42-36(47)53-37(6,7)8/h12-16,21,23,27-29,31-34,45,48H,17-20,55H2,1-11H3,(H,42,47)/t21-,23-,27-,28-,29+,31+,32+,33-,34-,39+,40-,41+/m0/s1. The Morgan fingerprint density at radius 3 is 2.20 bits per heavy atom. The van der Waals surface area contributed by atoms with Crippen molar-refractivity contribution in [3.05, 3.63) is 47.0 Å². The van der Waals surface area contributed by atoms with E-state index in [1.165, 1.54) is 13.8 Å². The zero-order chi connectivity index (χ0) is 41.1. The Morgan fingerprint density at radius 1 is 1.04 bits per heavy atom. The lowest BCUT2D eigenvalue weighted by atomic mass is 9.41. The molecule has 13 nitrogen and oxygen atoms in total. The Bertz CT molecular complexity index is 1680. The Kier molecular flexibility index (Phi) is 12.0. The van der Waals surface area contributed by atoms with Crippen molar-refractivity contribution in [1.29, 1.82) is 0 Å². The van der Waals surface area contributed by atoms with Crippen molar-refractivity contribution in [1.82, 2.24) is 5.32 Å². The number of hydrogen-bond donors (Lipinski definition) is 3. The fraction of sp³-hybridized carbons (Fsp3) is 0.707. The predicted molar refractivity (Wildman–Crippen MR) is 204 cm³/mol. The number of carbonyl (C=O) groups is 4. The van der Waals surface area contributed by atoms with Crippen molar-refractivity contribution >= 4 is 33.5 Å². The number of hydrogen-bond acceptors (Lipinski definition) is 12. The van der Waals surface area contributed by atoms with E-state index in [2.05, 4.69) is 14.8 Å². The molecule has 5 rings (SSSR count). The van der Waals surface area contributed by atoms with Crippen LogP contribution in [-0.4, -0.2) is 94.2 Å². The van der Waals surface area contributed by atoms with Crippen LogP contribution in [0, 0.1) is 28.6 Å². The van der Waals surface area contributed by atoms with E-state index in [1.54, 1.807) is 27.7 Å². The Morgan fingerprint density at radius 2 is 1.67 bits per heavy atom. The van der Waals surface area contributed by atoms with Crippen molar-refractivity contribution in [3.63, 3.8) is 0 Å². The van der Waals surface area contributed by atoms with Crippen LogP contribution in [0.3, 0.4) is 0 Å². The molecule has 1 aromatic carbocycles. The summed E-state index contributed by atoms with van der Waals surface area (Å²) in [5, 5.41) is 28.8. The Labute approximate surface area is 326 Å². The van der Waals surface area contributed by atoms with Crippen molar-refractivity contribution in [2.75, 3.05) is 6.61 Å². The summed E-state index contributed by atoms with van der Waals surface area (Å²) in [7, 11) is 2.09. The molecule has 2 bridgehead atoms. The van der Waals surface area contributed by atoms with Gasteiger partial charge in [0.2, 0.25) is 0 Å². The first kappa shape index (κ1) is 43.0. The molecule has 1 heterocycles. The maximum Gasteiger partial charge on any atom is 0.407 e. The van der Waals surface area contributed by atoms with E-state index in [1.807, 2.05) is 65.0 Å². The minimum atomic E-state index is -1.68. The molecule has 1 aliphatic heterocycles. The fourth-order valence-corrected chi connectivity index (χ4v) is 10.7. The highest BCUT2D eigenvalue weighted by molar-refractivity contribution is 7.09. The second kappa shape index (κ2) is 15.3. The van der Waals surface area contributed by atoms with Crippen molar-refractivity contribution in [3.8, 4) is 0 Å². The minimum absolute atomic E-state index is 0.0663. The molecular weight excluding hydrogens is 729 g/mol. The van der Waals surface area contributed by atoms with Gasteiger partial charge in [0, 0.05) is 46.5 Å². The van der Waals surface area contributed by atoms with Crippen LogP contribution in [0.25, 0.3) is 0 Å². The number of aliphatic hydroxyl groups is 2. The monoisotopic (exact) mass is 789 g/mol. The van der Waals surface area contributed by atoms with Gasteiger partial charge in [-0.1, -0.05) is 65.0 Å². The molecule has 4 aliphatic rings. The van der Waals surface area contributed by atoms with Gasteiger partial charge in [0.05, 0.1) is 18.2 Å². The van der Waals surface area contributed by atoms with Crippen molar-refractivity contribution in [2.45, 2.75) is 149 Å². The first-order chi connectivity index (χ1) is 25.4. The number of amides is 1. The minimum Gasteiger partial charge on any atom is -0.456 e. The summed E-state index contributed by atoms with van der Waals surface area (Å²) in [6, 6.07) is 8.32. The van der Waals surface area contributed by atoms with Gasteiger partial charge in [-0.2, -0.15) is 0 Å². The van der Waals surface area contributed by atoms with Crippen LogP contribution in [0.1, 0.15) is 94.6 Å². The number of ether oxygens (including phenoxy) is 5. The predicted octanol–water partition coefficient (Wildman–Crippen LogP) is 4.99. The van der Waals surface area contributed by atoms with E-state index >= 15 is 0 Å². The van der Waals surface area contributed by atoms with Crippen LogP contribution in [0.5, 0.6) is 0 Å². The number of rotatable bonds is 9. The topological polar surface area (TPSA) is 176 Å². The van der Waals surface area contributed by atoms with E-state index in [0.29, 0.717) is 17.6 Å². The lowest BCUT2D eigenvalue weighted by molar-refractivity contribution is -0.351. The smallest absolute Gasteiger partial charge is 0.407 e. The lowest BCUT2D eigenvalue weighted by Gasteiger charge is -2.70. The molecule has 0 aromatic heterocycles. The summed E-state index contributed by atoms with van der Waals surface area (Å²) in [6.45, 7) is 19.1. The number of aliphatic hydroxyl groups excluding tert-OH is 1. The first-order valence-corrected chi connectivity index (χ1v) is 19.6. The summed E-state index contributed by atoms with van der Waals surface area (Å²) in [6.07, 6.45) is -5.68. The molecule has 55 heavy (non-hydrogen) atoms. The highest BCUT2D eigenvalue weighted by Crippen LogP contribution is 2.67. The van der Waals surface area contributed by atoms with E-state index in [0.717, 1.165) is 5.56 Å². The highest BCUT2D eigenvalue weighted by Gasteiger charge is 2.75. The summed E-state index contributed by atoms with van der Waals surface area (Å²) in [4.78, 5) is 53.1. The van der Waals surface area contributed by atoms with Gasteiger partial charge in [-0.15, -0.1) is 0 Å². The third-order valence-electron chi connectivity index (χ3n) is 13.1. The quantitative estimate of drug-likeness (QED) is 0.133. The number of fused-ring (bicyclic) bond motifs is 5. The van der Waals surface area contributed by atoms with Crippen LogP contribution in [0.4, 0.5) is 4.79 Å². The van der Waals surface area contributed by atoms with Crippen LogP contribution in [0.15, 0.2) is 41.5 Å². The van der Waals surface area contributed by atoms with E-state index in [-0.39, 0.29) is 25.4 Å². The molecule has 2 saturated carbocycles. The van der Waals surface area contributed by atoms with Crippen molar-refractivity contribution in [2.24, 2.45) is 28.6 Å². The summed E-state index contributed by atoms with van der Waals surface area (Å²) in [5.41, 5.74) is -4.14. The third-order valence-corrected chi connectivity index (χ3v) is 13.4. The average Bonchev–Trinajstić information content (AvgIpc) is 3.06. The van der Waals surface area contributed by atoms with E-state index < -0.39 is 100 Å². The maximum absolute atomic E-state index is 14.4. The molecule has 306 valence electrons. The van der Waals surface area contributed by atoms with Gasteiger partial charge in [0.15, 0.2) is 17.8 Å². The van der Waals surface area contributed by atoms with E-state index in [4.69, 9.17) is 28.2 Å². The number of esters is 3. The summed E-state index contributed by atoms with van der Waals surface area (Å²) in [5.74, 6) is -3.58. The molecule has 0 spiro atoms. The number of carbonyl (C=O) groups excluding carboxylic acids is 4. The number of alkyl carbamates (subject to hydrolysis) is 1. The van der Waals surface area contributed by atoms with Gasteiger partial charge in [-0.25, -0.2) is 9.59 Å². The SMILES string of the molecule is CC(=O)O[C@@H]1C2=C(C)[C@@H](OC(=O)[C@H](OP)[C@H](Cc3ccccc3)NC(=O)OC(C)(C)C)C[C@@](O)([C@@H](C)[C@@H]3[C@]4(OC(C)=O)CO[C@@H]4C[C@H](C)[C@@]3(C)[C@H]1O)C2(C)C. The Hall–Kier alpha value is -3.09. The molecule has 1 amide bonds. The average molecular weight is 790 g/mol. The Balaban J connectivity index is 1.62. The first-order valence-electron chi connectivity index (χ1n) is 19.1. The third kappa shape index (κ3) is 7.56. The van der Waals surface area contributed by atoms with Crippen LogP contribution < -0.4 is 5.32 Å². The molecule has 3 aliphatic carbocycles. The van der Waals surface area contributed by atoms with Gasteiger partial charge in [0.1, 0.15) is 23.9 Å². The van der Waals surface area contributed by atoms with Gasteiger partial charge >= 0.3 is 24.0 Å². The normalized spacial score (nSPS) is 36.3. The molecule has 14 heteroatoms. The van der Waals surface area contributed by atoms with Crippen LogP contribution in [-0.2, 0) is 49.0 Å². The van der Waals surface area contributed by atoms with Gasteiger partial charge < -0.3 is 43.7 Å². The van der Waals surface area contributed by atoms with E-state index in [9.17, 15) is 29.4 Å². The molecule has 13 atom stereocenters. The number of benzene rings is 1. The zero-order valence-electron chi connectivity index (χ0n) is 34.0. The molecule has 3 N–H and O–H groups in total. The molecule has 1 aromatic rings. The second-order valence-electron chi connectivity index (χ2n) is 17.9. The van der Waals surface area contributed by atoms with Crippen LogP contribution >= 0.6 is 9.47 Å². The van der Waals surface area contributed by atoms with Crippen LogP contribution in [0.2, 0.25) is 0 Å². The maximum atomic E-state index is 14.4. The molecule has 1 unspecified atom stereocenters. The van der Waals surface area contributed by atoms with Crippen molar-refractivity contribution < 1.29 is 57.6 Å². The largest absolute Gasteiger partial charge is 0.456 e. The molecular formula is C41H60NO12P. The zero-order valence-corrected chi connectivity index (χ0v) is 35.1. The highest BCUT2D eigenvalue weighted by atomic mass is 31.0. The molecule has 3 fully saturated rings. The van der Waals surface area contributed by atoms with Gasteiger partial charge in [-0.3, -0.25) is 9.59 Å². The summed E-state index contributed by atoms with van der Waals surface area (Å²) >= 11 is 0. The lowest BCUT2D eigenvalue weighted by Crippen LogP contribution is -2.79. The summed E-state index contributed by atoms with van der Waals surface area (Å²) < 4.78 is 35.8. The second-order valence-corrected chi connectivity index (χ2v) is 18.1. The molecule has 0 radical (unpaired) electrons. The fourth-order valence-electron chi connectivity index (χ4n) is 10.4. The van der Waals surface area contributed by atoms with Gasteiger partial charge in [0.25, 0.3) is 0 Å².